The first kappa shape index (κ1) is 12.4. The number of nitrogens with zero attached hydrogens (tertiary/aromatic N) is 1. The van der Waals surface area contributed by atoms with Crippen molar-refractivity contribution in [1.82, 2.24) is 4.90 Å². The zero-order valence-electron chi connectivity index (χ0n) is 11.3. The highest BCUT2D eigenvalue weighted by Crippen LogP contribution is 2.51. The second kappa shape index (κ2) is 4.20. The monoisotopic (exact) mass is 252 g/mol. The smallest absolute Gasteiger partial charge is 0.223 e. The van der Waals surface area contributed by atoms with Gasteiger partial charge in [0.05, 0.1) is 6.61 Å². The van der Waals surface area contributed by atoms with Gasteiger partial charge in [0, 0.05) is 43.5 Å². The lowest BCUT2D eigenvalue weighted by Crippen LogP contribution is -2.45. The molecule has 0 aromatic heterocycles. The van der Waals surface area contributed by atoms with E-state index < -0.39 is 0 Å². The van der Waals surface area contributed by atoms with Gasteiger partial charge in [0.25, 0.3) is 0 Å². The van der Waals surface area contributed by atoms with Gasteiger partial charge >= 0.3 is 0 Å². The number of nitrogens with two attached hydrogens (primary N) is 1. The van der Waals surface area contributed by atoms with Crippen LogP contribution in [0.2, 0.25) is 0 Å². The zero-order valence-corrected chi connectivity index (χ0v) is 11.3. The van der Waals surface area contributed by atoms with E-state index in [2.05, 4.69) is 0 Å². The highest BCUT2D eigenvalue weighted by molar-refractivity contribution is 5.78. The van der Waals surface area contributed by atoms with Crippen LogP contribution >= 0.6 is 0 Å². The normalized spacial score (nSPS) is 31.4. The highest BCUT2D eigenvalue weighted by Gasteiger charge is 2.51. The maximum Gasteiger partial charge on any atom is 0.223 e. The third-order valence-electron chi connectivity index (χ3n) is 5.35. The molecule has 1 spiro atoms. The molecule has 2 aliphatic carbocycles. The van der Waals surface area contributed by atoms with Crippen LogP contribution in [0.5, 0.6) is 0 Å². The lowest BCUT2D eigenvalue weighted by atomic mass is 9.66. The third kappa shape index (κ3) is 1.95. The van der Waals surface area contributed by atoms with Gasteiger partial charge in [-0.1, -0.05) is 6.42 Å². The summed E-state index contributed by atoms with van der Waals surface area (Å²) in [7, 11) is 1.72. The van der Waals surface area contributed by atoms with E-state index in [4.69, 9.17) is 10.5 Å². The predicted molar refractivity (Wildman–Crippen MR) is 69.0 cm³/mol. The Hall–Kier alpha value is -0.610. The number of amides is 1. The molecule has 2 N–H and O–H groups in total. The molecule has 4 heteroatoms. The molecule has 1 unspecified atom stereocenters. The summed E-state index contributed by atoms with van der Waals surface area (Å²) in [5.74, 6) is 0.295. The summed E-state index contributed by atoms with van der Waals surface area (Å²) in [4.78, 5) is 14.4. The first-order valence-electron chi connectivity index (χ1n) is 7.12. The van der Waals surface area contributed by atoms with E-state index in [-0.39, 0.29) is 16.9 Å². The fraction of sp³-hybridized carbons (Fsp3) is 0.929. The van der Waals surface area contributed by atoms with Crippen molar-refractivity contribution in [2.45, 2.75) is 44.6 Å². The van der Waals surface area contributed by atoms with E-state index in [0.29, 0.717) is 12.3 Å². The minimum atomic E-state index is 0.158. The molecule has 0 radical (unpaired) electrons. The van der Waals surface area contributed by atoms with Crippen molar-refractivity contribution < 1.29 is 9.53 Å². The number of hydrogen-bond acceptors (Lipinski definition) is 3. The largest absolute Gasteiger partial charge is 0.384 e. The average Bonchev–Trinajstić information content (AvgIpc) is 2.90. The SMILES string of the molecule is COCC1(CC(=O)N2CC(N)C3(CCC3)C2)CC1. The summed E-state index contributed by atoms with van der Waals surface area (Å²) >= 11 is 0. The van der Waals surface area contributed by atoms with Crippen LogP contribution < -0.4 is 5.73 Å². The second-order valence-electron chi connectivity index (χ2n) is 6.71. The number of ether oxygens (including phenoxy) is 1. The average molecular weight is 252 g/mol. The molecule has 0 aromatic rings. The summed E-state index contributed by atoms with van der Waals surface area (Å²) in [5.41, 5.74) is 6.65. The number of methoxy groups -OCH3 is 1. The lowest BCUT2D eigenvalue weighted by molar-refractivity contribution is -0.132. The summed E-state index contributed by atoms with van der Waals surface area (Å²) < 4.78 is 5.23. The number of rotatable bonds is 4. The molecule has 1 saturated heterocycles. The fourth-order valence-electron chi connectivity index (χ4n) is 3.63. The number of carbonyl (C=O) groups is 1. The van der Waals surface area contributed by atoms with Crippen LogP contribution in [0, 0.1) is 10.8 Å². The molecule has 1 aliphatic heterocycles. The molecule has 102 valence electrons. The molecule has 3 aliphatic rings. The van der Waals surface area contributed by atoms with Crippen molar-refractivity contribution in [3.63, 3.8) is 0 Å². The minimum Gasteiger partial charge on any atom is -0.384 e. The second-order valence-corrected chi connectivity index (χ2v) is 6.71. The Labute approximate surface area is 109 Å². The molecule has 1 amide bonds. The van der Waals surface area contributed by atoms with Gasteiger partial charge in [-0.3, -0.25) is 4.79 Å². The Morgan fingerprint density at radius 2 is 2.11 bits per heavy atom. The van der Waals surface area contributed by atoms with E-state index in [9.17, 15) is 4.79 Å². The molecule has 18 heavy (non-hydrogen) atoms. The molecule has 3 rings (SSSR count). The Bertz CT molecular complexity index is 348. The quantitative estimate of drug-likeness (QED) is 0.816. The van der Waals surface area contributed by atoms with E-state index in [1.165, 1.54) is 19.3 Å². The van der Waals surface area contributed by atoms with Gasteiger partial charge in [-0.25, -0.2) is 0 Å². The maximum atomic E-state index is 12.4. The van der Waals surface area contributed by atoms with Crippen LogP contribution in [0.4, 0.5) is 0 Å². The van der Waals surface area contributed by atoms with Gasteiger partial charge in [-0.05, 0) is 25.7 Å². The summed E-state index contributed by atoms with van der Waals surface area (Å²) in [6.45, 7) is 2.39. The first-order chi connectivity index (χ1) is 8.59. The van der Waals surface area contributed by atoms with Crippen LogP contribution in [0.1, 0.15) is 38.5 Å². The molecule has 0 bridgehead atoms. The maximum absolute atomic E-state index is 12.4. The fourth-order valence-corrected chi connectivity index (χ4v) is 3.63. The molecule has 4 nitrogen and oxygen atoms in total. The predicted octanol–water partition coefficient (Wildman–Crippen LogP) is 1.14. The minimum absolute atomic E-state index is 0.158. The van der Waals surface area contributed by atoms with Gasteiger partial charge < -0.3 is 15.4 Å². The summed E-state index contributed by atoms with van der Waals surface area (Å²) in [6.07, 6.45) is 6.63. The Morgan fingerprint density at radius 3 is 2.56 bits per heavy atom. The van der Waals surface area contributed by atoms with Crippen LogP contribution in [-0.2, 0) is 9.53 Å². The van der Waals surface area contributed by atoms with Gasteiger partial charge in [-0.15, -0.1) is 0 Å². The molecule has 1 heterocycles. The van der Waals surface area contributed by atoms with Crippen molar-refractivity contribution in [3.8, 4) is 0 Å². The van der Waals surface area contributed by atoms with Crippen molar-refractivity contribution in [1.29, 1.82) is 0 Å². The van der Waals surface area contributed by atoms with E-state index >= 15 is 0 Å². The first-order valence-corrected chi connectivity index (χ1v) is 7.12. The van der Waals surface area contributed by atoms with Crippen LogP contribution in [0.25, 0.3) is 0 Å². The van der Waals surface area contributed by atoms with Gasteiger partial charge in [0.1, 0.15) is 0 Å². The van der Waals surface area contributed by atoms with Gasteiger partial charge in [0.2, 0.25) is 5.91 Å². The molecule has 2 saturated carbocycles. The lowest BCUT2D eigenvalue weighted by Gasteiger charge is -2.41. The van der Waals surface area contributed by atoms with Gasteiger partial charge in [0.15, 0.2) is 0 Å². The summed E-state index contributed by atoms with van der Waals surface area (Å²) in [5, 5.41) is 0. The molecule has 0 aromatic carbocycles. The summed E-state index contributed by atoms with van der Waals surface area (Å²) in [6, 6.07) is 0.202. The van der Waals surface area contributed by atoms with E-state index in [1.807, 2.05) is 4.90 Å². The molecule has 3 fully saturated rings. The van der Waals surface area contributed by atoms with Crippen LogP contribution in [0.3, 0.4) is 0 Å². The van der Waals surface area contributed by atoms with Crippen LogP contribution in [0.15, 0.2) is 0 Å². The topological polar surface area (TPSA) is 55.6 Å². The third-order valence-corrected chi connectivity index (χ3v) is 5.35. The van der Waals surface area contributed by atoms with E-state index in [0.717, 1.165) is 32.5 Å². The van der Waals surface area contributed by atoms with E-state index in [1.54, 1.807) is 7.11 Å². The van der Waals surface area contributed by atoms with Crippen molar-refractivity contribution >= 4 is 5.91 Å². The number of hydrogen-bond donors (Lipinski definition) is 1. The standard InChI is InChI=1S/C14H24N2O2/c1-18-10-13(5-6-13)7-12(17)16-8-11(15)14(9-16)3-2-4-14/h11H,2-10,15H2,1H3. The van der Waals surface area contributed by atoms with Crippen molar-refractivity contribution in [2.75, 3.05) is 26.8 Å². The molecule has 1 atom stereocenters. The van der Waals surface area contributed by atoms with Crippen molar-refractivity contribution in [2.24, 2.45) is 16.6 Å². The molecular formula is C14H24N2O2. The molecular weight excluding hydrogens is 228 g/mol. The highest BCUT2D eigenvalue weighted by atomic mass is 16.5. The number of likely N-dealkylation sites (tertiary alicyclic amines) is 1. The zero-order chi connectivity index (χ0) is 12.8. The van der Waals surface area contributed by atoms with Crippen LogP contribution in [-0.4, -0.2) is 43.7 Å². The van der Waals surface area contributed by atoms with Gasteiger partial charge in [-0.2, -0.15) is 0 Å². The van der Waals surface area contributed by atoms with Crippen molar-refractivity contribution in [3.05, 3.63) is 0 Å². The Balaban J connectivity index is 1.58. The number of carbonyl (C=O) groups excluding carboxylic acids is 1. The Kier molecular flexibility index (Phi) is 2.90. The Morgan fingerprint density at radius 1 is 1.39 bits per heavy atom.